The first-order valence-electron chi connectivity index (χ1n) is 11.7. The van der Waals surface area contributed by atoms with Crippen LogP contribution in [0.3, 0.4) is 0 Å². The predicted octanol–water partition coefficient (Wildman–Crippen LogP) is 6.70. The SMILES string of the molecule is CCOC(Cc1nc(Nc2ccc(C(F)(F)F)cc2)c2ccc(-c3ncccc3C)cc2n1)OCC. The van der Waals surface area contributed by atoms with Gasteiger partial charge in [0.25, 0.3) is 0 Å². The van der Waals surface area contributed by atoms with Crippen LogP contribution in [0.15, 0.2) is 60.8 Å². The first-order chi connectivity index (χ1) is 17.3. The van der Waals surface area contributed by atoms with Gasteiger partial charge in [0, 0.05) is 36.0 Å². The maximum absolute atomic E-state index is 13.0. The van der Waals surface area contributed by atoms with Crippen molar-refractivity contribution >= 4 is 22.4 Å². The van der Waals surface area contributed by atoms with Crippen molar-refractivity contribution in [1.82, 2.24) is 15.0 Å². The molecule has 0 atom stereocenters. The van der Waals surface area contributed by atoms with Crippen molar-refractivity contribution in [3.8, 4) is 11.3 Å². The van der Waals surface area contributed by atoms with E-state index in [2.05, 4.69) is 15.3 Å². The zero-order valence-electron chi connectivity index (χ0n) is 20.3. The summed E-state index contributed by atoms with van der Waals surface area (Å²) < 4.78 is 50.3. The molecule has 2 aromatic carbocycles. The van der Waals surface area contributed by atoms with Gasteiger partial charge < -0.3 is 14.8 Å². The minimum Gasteiger partial charge on any atom is -0.352 e. The summed E-state index contributed by atoms with van der Waals surface area (Å²) in [5.74, 6) is 0.963. The van der Waals surface area contributed by atoms with Crippen molar-refractivity contribution in [3.05, 3.63) is 77.7 Å². The third-order valence-corrected chi connectivity index (χ3v) is 5.56. The highest BCUT2D eigenvalue weighted by atomic mass is 19.4. The summed E-state index contributed by atoms with van der Waals surface area (Å²) >= 11 is 0. The third-order valence-electron chi connectivity index (χ3n) is 5.56. The number of aryl methyl sites for hydroxylation is 1. The van der Waals surface area contributed by atoms with Crippen LogP contribution >= 0.6 is 0 Å². The minimum absolute atomic E-state index is 0.312. The summed E-state index contributed by atoms with van der Waals surface area (Å²) in [6, 6.07) is 14.5. The van der Waals surface area contributed by atoms with Crippen LogP contribution in [0.4, 0.5) is 24.7 Å². The molecule has 1 N–H and O–H groups in total. The van der Waals surface area contributed by atoms with Crippen LogP contribution in [0.2, 0.25) is 0 Å². The Bertz CT molecular complexity index is 1320. The lowest BCUT2D eigenvalue weighted by atomic mass is 10.0. The largest absolute Gasteiger partial charge is 0.416 e. The number of nitrogens with one attached hydrogen (secondary N) is 1. The van der Waals surface area contributed by atoms with E-state index >= 15 is 0 Å². The van der Waals surface area contributed by atoms with Crippen LogP contribution in [0.5, 0.6) is 0 Å². The van der Waals surface area contributed by atoms with Gasteiger partial charge in [-0.2, -0.15) is 13.2 Å². The number of alkyl halides is 3. The number of fused-ring (bicyclic) bond motifs is 1. The van der Waals surface area contributed by atoms with Crippen molar-refractivity contribution in [2.45, 2.75) is 39.7 Å². The maximum atomic E-state index is 13.0. The molecule has 0 saturated carbocycles. The van der Waals surface area contributed by atoms with Crippen LogP contribution in [-0.2, 0) is 22.1 Å². The van der Waals surface area contributed by atoms with E-state index in [1.165, 1.54) is 12.1 Å². The fraction of sp³-hybridized carbons (Fsp3) is 0.296. The second kappa shape index (κ2) is 11.0. The molecule has 9 heteroatoms. The molecule has 4 rings (SSSR count). The summed E-state index contributed by atoms with van der Waals surface area (Å²) in [5, 5.41) is 3.88. The van der Waals surface area contributed by atoms with E-state index in [1.54, 1.807) is 6.20 Å². The van der Waals surface area contributed by atoms with Gasteiger partial charge in [-0.05, 0) is 68.8 Å². The van der Waals surface area contributed by atoms with Gasteiger partial charge in [-0.3, -0.25) is 4.98 Å². The van der Waals surface area contributed by atoms with Crippen molar-refractivity contribution in [3.63, 3.8) is 0 Å². The molecule has 0 amide bonds. The summed E-state index contributed by atoms with van der Waals surface area (Å²) in [4.78, 5) is 13.9. The molecule has 0 aliphatic rings. The number of pyridine rings is 1. The Hall–Kier alpha value is -3.56. The predicted molar refractivity (Wildman–Crippen MR) is 133 cm³/mol. The molecule has 0 aliphatic carbocycles. The smallest absolute Gasteiger partial charge is 0.352 e. The molecule has 4 aromatic rings. The Labute approximate surface area is 207 Å². The second-order valence-corrected chi connectivity index (χ2v) is 8.13. The molecule has 6 nitrogen and oxygen atoms in total. The molecule has 188 valence electrons. The Balaban J connectivity index is 1.76. The molecule has 0 spiro atoms. The van der Waals surface area contributed by atoms with Gasteiger partial charge in [0.15, 0.2) is 6.29 Å². The van der Waals surface area contributed by atoms with E-state index in [0.717, 1.165) is 34.3 Å². The van der Waals surface area contributed by atoms with Gasteiger partial charge in [0.05, 0.1) is 23.2 Å². The standard InChI is InChI=1S/C27H27F3N4O2/c1-4-35-24(36-5-2)16-23-33-22-15-18(25-17(3)7-6-14-31-25)8-13-21(22)26(34-23)32-20-11-9-19(10-12-20)27(28,29)30/h6-15,24H,4-5,16H2,1-3H3,(H,32,33,34). The molecule has 2 heterocycles. The van der Waals surface area contributed by atoms with Crippen LogP contribution < -0.4 is 5.32 Å². The van der Waals surface area contributed by atoms with Gasteiger partial charge >= 0.3 is 6.18 Å². The topological polar surface area (TPSA) is 69.2 Å². The zero-order chi connectivity index (χ0) is 25.7. The fourth-order valence-corrected chi connectivity index (χ4v) is 3.87. The average molecular weight is 497 g/mol. The summed E-state index contributed by atoms with van der Waals surface area (Å²) in [7, 11) is 0. The number of hydrogen-bond acceptors (Lipinski definition) is 6. The van der Waals surface area contributed by atoms with Crippen molar-refractivity contribution in [2.75, 3.05) is 18.5 Å². The van der Waals surface area contributed by atoms with Crippen molar-refractivity contribution in [2.24, 2.45) is 0 Å². The van der Waals surface area contributed by atoms with Crippen LogP contribution in [0, 0.1) is 6.92 Å². The number of rotatable bonds is 9. The van der Waals surface area contributed by atoms with E-state index in [4.69, 9.17) is 14.5 Å². The molecule has 0 unspecified atom stereocenters. The van der Waals surface area contributed by atoms with Crippen LogP contribution in [0.1, 0.15) is 30.8 Å². The number of anilines is 2. The van der Waals surface area contributed by atoms with E-state index in [1.807, 2.05) is 51.1 Å². The molecular weight excluding hydrogens is 469 g/mol. The molecule has 0 radical (unpaired) electrons. The zero-order valence-corrected chi connectivity index (χ0v) is 20.3. The minimum atomic E-state index is -4.40. The summed E-state index contributed by atoms with van der Waals surface area (Å²) in [6.45, 7) is 6.69. The Kier molecular flexibility index (Phi) is 7.81. The Morgan fingerprint density at radius 3 is 2.31 bits per heavy atom. The molecular formula is C27H27F3N4O2. The number of halogens is 3. The van der Waals surface area contributed by atoms with E-state index in [-0.39, 0.29) is 0 Å². The number of benzene rings is 2. The Morgan fingerprint density at radius 2 is 1.67 bits per heavy atom. The highest BCUT2D eigenvalue weighted by Gasteiger charge is 2.30. The molecule has 2 aromatic heterocycles. The molecule has 0 saturated heterocycles. The number of ether oxygens (including phenoxy) is 2. The highest BCUT2D eigenvalue weighted by molar-refractivity contribution is 5.93. The molecule has 36 heavy (non-hydrogen) atoms. The summed E-state index contributed by atoms with van der Waals surface area (Å²) in [5.41, 5.74) is 3.21. The second-order valence-electron chi connectivity index (χ2n) is 8.13. The van der Waals surface area contributed by atoms with Crippen molar-refractivity contribution < 1.29 is 22.6 Å². The van der Waals surface area contributed by atoms with E-state index in [9.17, 15) is 13.2 Å². The first-order valence-corrected chi connectivity index (χ1v) is 11.7. The monoisotopic (exact) mass is 496 g/mol. The van der Waals surface area contributed by atoms with Gasteiger partial charge in [-0.1, -0.05) is 12.1 Å². The third kappa shape index (κ3) is 5.98. The van der Waals surface area contributed by atoms with Gasteiger partial charge in [0.2, 0.25) is 0 Å². The molecule has 0 bridgehead atoms. The van der Waals surface area contributed by atoms with Gasteiger partial charge in [-0.25, -0.2) is 9.97 Å². The molecule has 0 aliphatic heterocycles. The van der Waals surface area contributed by atoms with Crippen LogP contribution in [0.25, 0.3) is 22.2 Å². The maximum Gasteiger partial charge on any atom is 0.416 e. The lowest BCUT2D eigenvalue weighted by Crippen LogP contribution is -2.21. The van der Waals surface area contributed by atoms with Gasteiger partial charge in [0.1, 0.15) is 11.6 Å². The first kappa shape index (κ1) is 25.5. The highest BCUT2D eigenvalue weighted by Crippen LogP contribution is 2.32. The number of aromatic nitrogens is 3. The van der Waals surface area contributed by atoms with Gasteiger partial charge in [-0.15, -0.1) is 0 Å². The Morgan fingerprint density at radius 1 is 0.944 bits per heavy atom. The number of hydrogen-bond donors (Lipinski definition) is 1. The van der Waals surface area contributed by atoms with E-state index in [0.29, 0.717) is 42.5 Å². The van der Waals surface area contributed by atoms with E-state index < -0.39 is 18.0 Å². The lowest BCUT2D eigenvalue weighted by molar-refractivity contribution is -0.137. The van der Waals surface area contributed by atoms with Crippen molar-refractivity contribution in [1.29, 1.82) is 0 Å². The molecule has 0 fully saturated rings. The van der Waals surface area contributed by atoms with Crippen LogP contribution in [-0.4, -0.2) is 34.5 Å². The fourth-order valence-electron chi connectivity index (χ4n) is 3.87. The normalized spacial score (nSPS) is 11.9. The quantitative estimate of drug-likeness (QED) is 0.260. The lowest BCUT2D eigenvalue weighted by Gasteiger charge is -2.17. The summed E-state index contributed by atoms with van der Waals surface area (Å²) in [6.07, 6.45) is -2.87. The number of nitrogens with zero attached hydrogens (tertiary/aromatic N) is 3. The average Bonchev–Trinajstić information content (AvgIpc) is 2.84.